The molecule has 164 valence electrons. The highest BCUT2D eigenvalue weighted by molar-refractivity contribution is 6.31. The number of H-pyrrole nitrogens is 1. The smallest absolute Gasteiger partial charge is 0.297 e. The van der Waals surface area contributed by atoms with Gasteiger partial charge in [-0.25, -0.2) is 0 Å². The Balaban J connectivity index is 1.58. The first-order valence-electron chi connectivity index (χ1n) is 9.44. The number of anilines is 1. The van der Waals surface area contributed by atoms with Gasteiger partial charge in [0.15, 0.2) is 5.69 Å². The van der Waals surface area contributed by atoms with E-state index in [1.165, 1.54) is 36.4 Å². The maximum absolute atomic E-state index is 12.7. The number of aromatic nitrogens is 1. The second kappa shape index (κ2) is 8.89. The normalized spacial score (nSPS) is 11.1. The van der Waals surface area contributed by atoms with E-state index in [2.05, 4.69) is 20.5 Å². The molecule has 2 amide bonds. The number of nitro benzene ring substituents is 1. The largest absolute Gasteiger partial charge is 0.493 e. The van der Waals surface area contributed by atoms with Crippen LogP contribution < -0.4 is 5.32 Å². The maximum Gasteiger partial charge on any atom is 0.297 e. The van der Waals surface area contributed by atoms with Crippen LogP contribution in [0.5, 0.6) is 5.88 Å². The molecule has 4 aromatic rings. The van der Waals surface area contributed by atoms with E-state index in [4.69, 9.17) is 11.6 Å². The van der Waals surface area contributed by atoms with Crippen LogP contribution in [0.3, 0.4) is 0 Å². The SMILES string of the molecule is O=C(Nc1ccccc1C(=O)N=Nc1c(O)[nH]c2ccc(Cl)cc12)c1ccc([N+](=O)[O-])cc1. The summed E-state index contributed by atoms with van der Waals surface area (Å²) in [5.41, 5.74) is 0.876. The molecule has 0 saturated carbocycles. The van der Waals surface area contributed by atoms with Crippen LogP contribution in [0, 0.1) is 10.1 Å². The summed E-state index contributed by atoms with van der Waals surface area (Å²) in [5, 5.41) is 31.9. The average molecular weight is 464 g/mol. The van der Waals surface area contributed by atoms with Crippen LogP contribution >= 0.6 is 11.6 Å². The summed E-state index contributed by atoms with van der Waals surface area (Å²) in [5.74, 6) is -1.60. The molecule has 11 heteroatoms. The summed E-state index contributed by atoms with van der Waals surface area (Å²) in [6, 6.07) is 16.1. The van der Waals surface area contributed by atoms with E-state index >= 15 is 0 Å². The molecule has 0 atom stereocenters. The average Bonchev–Trinajstić information content (AvgIpc) is 3.12. The topological polar surface area (TPSA) is 150 Å². The summed E-state index contributed by atoms with van der Waals surface area (Å²) < 4.78 is 0. The van der Waals surface area contributed by atoms with Crippen molar-refractivity contribution in [2.45, 2.75) is 0 Å². The number of azo groups is 1. The van der Waals surface area contributed by atoms with E-state index in [0.29, 0.717) is 15.9 Å². The summed E-state index contributed by atoms with van der Waals surface area (Å²) >= 11 is 5.99. The number of carbonyl (C=O) groups is 2. The molecule has 10 nitrogen and oxygen atoms in total. The molecule has 0 spiro atoms. The number of para-hydroxylation sites is 1. The summed E-state index contributed by atoms with van der Waals surface area (Å²) in [7, 11) is 0. The number of fused-ring (bicyclic) bond motifs is 1. The van der Waals surface area contributed by atoms with Gasteiger partial charge in [-0.15, -0.1) is 10.2 Å². The lowest BCUT2D eigenvalue weighted by Crippen LogP contribution is -2.14. The third-order valence-corrected chi connectivity index (χ3v) is 4.94. The fourth-order valence-corrected chi connectivity index (χ4v) is 3.27. The third-order valence-electron chi connectivity index (χ3n) is 4.70. The minimum atomic E-state index is -0.759. The molecule has 0 unspecified atom stereocenters. The fraction of sp³-hybridized carbons (Fsp3) is 0. The quantitative estimate of drug-likeness (QED) is 0.199. The van der Waals surface area contributed by atoms with Gasteiger partial charge in [0, 0.05) is 28.1 Å². The van der Waals surface area contributed by atoms with Gasteiger partial charge >= 0.3 is 0 Å². The van der Waals surface area contributed by atoms with Crippen molar-refractivity contribution in [1.82, 2.24) is 4.98 Å². The lowest BCUT2D eigenvalue weighted by atomic mass is 10.1. The van der Waals surface area contributed by atoms with E-state index in [-0.39, 0.29) is 34.1 Å². The van der Waals surface area contributed by atoms with Gasteiger partial charge in [0.25, 0.3) is 17.5 Å². The molecule has 0 bridgehead atoms. The number of nitro groups is 1. The lowest BCUT2D eigenvalue weighted by molar-refractivity contribution is -0.384. The zero-order chi connectivity index (χ0) is 23.5. The summed E-state index contributed by atoms with van der Waals surface area (Å²) in [4.78, 5) is 38.2. The molecule has 0 saturated heterocycles. The highest BCUT2D eigenvalue weighted by Gasteiger charge is 2.16. The minimum Gasteiger partial charge on any atom is -0.493 e. The van der Waals surface area contributed by atoms with Gasteiger partial charge in [-0.3, -0.25) is 19.7 Å². The Bertz CT molecular complexity index is 1430. The van der Waals surface area contributed by atoms with Crippen molar-refractivity contribution in [3.8, 4) is 5.88 Å². The molecule has 0 aliphatic heterocycles. The molecule has 0 aliphatic carbocycles. The van der Waals surface area contributed by atoms with Gasteiger partial charge < -0.3 is 15.4 Å². The lowest BCUT2D eigenvalue weighted by Gasteiger charge is -2.08. The number of halogens is 1. The summed E-state index contributed by atoms with van der Waals surface area (Å²) in [6.45, 7) is 0. The number of aromatic amines is 1. The first-order valence-corrected chi connectivity index (χ1v) is 9.82. The zero-order valence-corrected chi connectivity index (χ0v) is 17.4. The van der Waals surface area contributed by atoms with E-state index in [1.807, 2.05) is 0 Å². The molecular formula is C22H14ClN5O5. The monoisotopic (exact) mass is 463 g/mol. The molecule has 0 aliphatic rings. The van der Waals surface area contributed by atoms with Gasteiger partial charge in [0.05, 0.1) is 21.7 Å². The Labute approximate surface area is 190 Å². The van der Waals surface area contributed by atoms with Crippen LogP contribution in [0.2, 0.25) is 5.02 Å². The molecule has 0 fully saturated rings. The number of non-ortho nitro benzene ring substituents is 1. The van der Waals surface area contributed by atoms with Crippen molar-refractivity contribution in [2.24, 2.45) is 10.2 Å². The maximum atomic E-state index is 12.7. The molecule has 1 aromatic heterocycles. The van der Waals surface area contributed by atoms with Crippen LogP contribution in [0.15, 0.2) is 77.0 Å². The van der Waals surface area contributed by atoms with Crippen LogP contribution in [0.1, 0.15) is 20.7 Å². The second-order valence-electron chi connectivity index (χ2n) is 6.82. The minimum absolute atomic E-state index is 0.0493. The molecular weight excluding hydrogens is 450 g/mol. The highest BCUT2D eigenvalue weighted by Crippen LogP contribution is 2.37. The van der Waals surface area contributed by atoms with E-state index in [1.54, 1.807) is 30.3 Å². The van der Waals surface area contributed by atoms with Crippen LogP contribution in [0.4, 0.5) is 17.1 Å². The highest BCUT2D eigenvalue weighted by atomic mass is 35.5. The van der Waals surface area contributed by atoms with Crippen molar-refractivity contribution >= 4 is 51.4 Å². The van der Waals surface area contributed by atoms with Crippen molar-refractivity contribution < 1.29 is 19.6 Å². The number of hydrogen-bond donors (Lipinski definition) is 3. The van der Waals surface area contributed by atoms with Crippen molar-refractivity contribution in [3.05, 3.63) is 93.0 Å². The Kier molecular flexibility index (Phi) is 5.83. The first-order chi connectivity index (χ1) is 15.8. The summed E-state index contributed by atoms with van der Waals surface area (Å²) in [6.07, 6.45) is 0. The van der Waals surface area contributed by atoms with Gasteiger partial charge in [0.2, 0.25) is 5.88 Å². The molecule has 1 heterocycles. The molecule has 4 rings (SSSR count). The van der Waals surface area contributed by atoms with E-state index < -0.39 is 16.7 Å². The predicted octanol–water partition coefficient (Wildman–Crippen LogP) is 5.61. The number of nitrogens with one attached hydrogen (secondary N) is 2. The van der Waals surface area contributed by atoms with Crippen LogP contribution in [-0.4, -0.2) is 26.8 Å². The van der Waals surface area contributed by atoms with Gasteiger partial charge in [-0.1, -0.05) is 23.7 Å². The first kappa shape index (κ1) is 21.7. The fourth-order valence-electron chi connectivity index (χ4n) is 3.09. The number of amides is 2. The second-order valence-corrected chi connectivity index (χ2v) is 7.26. The number of aromatic hydroxyl groups is 1. The number of nitrogens with zero attached hydrogens (tertiary/aromatic N) is 3. The van der Waals surface area contributed by atoms with E-state index in [9.17, 15) is 24.8 Å². The van der Waals surface area contributed by atoms with Crippen LogP contribution in [0.25, 0.3) is 10.9 Å². The van der Waals surface area contributed by atoms with Gasteiger partial charge in [0.1, 0.15) is 0 Å². The van der Waals surface area contributed by atoms with Crippen LogP contribution in [-0.2, 0) is 0 Å². The van der Waals surface area contributed by atoms with Crippen molar-refractivity contribution in [1.29, 1.82) is 0 Å². The zero-order valence-electron chi connectivity index (χ0n) is 16.7. The third kappa shape index (κ3) is 4.55. The Hall–Kier alpha value is -4.57. The Morgan fingerprint density at radius 2 is 1.79 bits per heavy atom. The number of benzene rings is 3. The van der Waals surface area contributed by atoms with Crippen molar-refractivity contribution in [2.75, 3.05) is 5.32 Å². The molecule has 3 aromatic carbocycles. The predicted molar refractivity (Wildman–Crippen MR) is 121 cm³/mol. The number of carbonyl (C=O) groups excluding carboxylic acids is 2. The molecule has 0 radical (unpaired) electrons. The van der Waals surface area contributed by atoms with Gasteiger partial charge in [-0.05, 0) is 42.5 Å². The Morgan fingerprint density at radius 3 is 2.52 bits per heavy atom. The van der Waals surface area contributed by atoms with Crippen molar-refractivity contribution in [3.63, 3.8) is 0 Å². The standard InChI is InChI=1S/C22H14ClN5O5/c23-13-7-10-18-16(11-13)19(22(31)25-18)26-27-21(30)15-3-1-2-4-17(15)24-20(29)12-5-8-14(9-6-12)28(32)33/h1-11,25,31H,(H,24,29). The number of rotatable bonds is 5. The van der Waals surface area contributed by atoms with Gasteiger partial charge in [-0.2, -0.15) is 0 Å². The van der Waals surface area contributed by atoms with E-state index in [0.717, 1.165) is 0 Å². The molecule has 3 N–H and O–H groups in total. The number of hydrogen-bond acceptors (Lipinski definition) is 6. The molecule has 33 heavy (non-hydrogen) atoms. The Morgan fingerprint density at radius 1 is 1.06 bits per heavy atom.